The summed E-state index contributed by atoms with van der Waals surface area (Å²) in [6.07, 6.45) is 4.03. The fourth-order valence-electron chi connectivity index (χ4n) is 2.50. The minimum absolute atomic E-state index is 0.383. The maximum atomic E-state index is 11.5. The zero-order valence-electron chi connectivity index (χ0n) is 14.8. The first-order chi connectivity index (χ1) is 11.4. The fourth-order valence-corrected chi connectivity index (χ4v) is 2.50. The van der Waals surface area contributed by atoms with Gasteiger partial charge < -0.3 is 20.1 Å². The molecule has 0 radical (unpaired) electrons. The number of hydrogen-bond acceptors (Lipinski definition) is 6. The topological polar surface area (TPSA) is 85.4 Å². The summed E-state index contributed by atoms with van der Waals surface area (Å²) in [5.74, 6) is 1.28. The van der Waals surface area contributed by atoms with Crippen molar-refractivity contribution in [2.75, 3.05) is 31.6 Å². The molecular weight excluding hydrogens is 308 g/mol. The van der Waals surface area contributed by atoms with Gasteiger partial charge in [0, 0.05) is 44.0 Å². The Morgan fingerprint density at radius 3 is 2.75 bits per heavy atom. The van der Waals surface area contributed by atoms with Crippen LogP contribution in [0.5, 0.6) is 0 Å². The zero-order chi connectivity index (χ0) is 17.4. The molecule has 1 aliphatic rings. The second-order valence-corrected chi connectivity index (χ2v) is 6.92. The van der Waals surface area contributed by atoms with Gasteiger partial charge in [0.15, 0.2) is 0 Å². The maximum absolute atomic E-state index is 11.5. The molecule has 2 rings (SSSR count). The average molecular weight is 336 g/mol. The highest BCUT2D eigenvalue weighted by atomic mass is 16.6. The van der Waals surface area contributed by atoms with Crippen molar-refractivity contribution in [3.8, 4) is 0 Å². The third-order valence-electron chi connectivity index (χ3n) is 3.66. The summed E-state index contributed by atoms with van der Waals surface area (Å²) in [7, 11) is 0. The molecule has 0 bridgehead atoms. The van der Waals surface area contributed by atoms with Crippen molar-refractivity contribution < 1.29 is 14.3 Å². The molecule has 7 nitrogen and oxygen atoms in total. The van der Waals surface area contributed by atoms with E-state index in [4.69, 9.17) is 9.47 Å². The summed E-state index contributed by atoms with van der Waals surface area (Å²) in [4.78, 5) is 20.2. The van der Waals surface area contributed by atoms with Crippen molar-refractivity contribution in [3.05, 3.63) is 18.1 Å². The molecule has 134 valence electrons. The van der Waals surface area contributed by atoms with Gasteiger partial charge in [0.2, 0.25) is 0 Å². The van der Waals surface area contributed by atoms with Crippen molar-refractivity contribution in [1.82, 2.24) is 15.3 Å². The first-order valence-electron chi connectivity index (χ1n) is 8.54. The number of amides is 1. The summed E-state index contributed by atoms with van der Waals surface area (Å²) < 4.78 is 10.6. The molecule has 0 spiro atoms. The highest BCUT2D eigenvalue weighted by molar-refractivity contribution is 5.67. The molecule has 2 N–H and O–H groups in total. The van der Waals surface area contributed by atoms with Gasteiger partial charge in [0.1, 0.15) is 17.7 Å². The lowest BCUT2D eigenvalue weighted by Gasteiger charge is -2.21. The van der Waals surface area contributed by atoms with E-state index in [9.17, 15) is 4.79 Å². The molecule has 1 saturated heterocycles. The molecule has 1 aromatic rings. The highest BCUT2D eigenvalue weighted by Gasteiger charge is 2.18. The smallest absolute Gasteiger partial charge is 0.407 e. The van der Waals surface area contributed by atoms with Gasteiger partial charge in [0.05, 0.1) is 0 Å². The molecule has 0 aliphatic carbocycles. The van der Waals surface area contributed by atoms with Crippen LogP contribution < -0.4 is 10.6 Å². The van der Waals surface area contributed by atoms with E-state index in [0.29, 0.717) is 12.5 Å². The van der Waals surface area contributed by atoms with Crippen LogP contribution in [0.3, 0.4) is 0 Å². The van der Waals surface area contributed by atoms with E-state index < -0.39 is 5.60 Å². The number of ether oxygens (including phenoxy) is 2. The number of nitrogens with zero attached hydrogens (tertiary/aromatic N) is 2. The van der Waals surface area contributed by atoms with Crippen molar-refractivity contribution in [1.29, 1.82) is 0 Å². The molecule has 1 aliphatic heterocycles. The van der Waals surface area contributed by atoms with E-state index in [0.717, 1.165) is 50.5 Å². The van der Waals surface area contributed by atoms with Gasteiger partial charge in [-0.2, -0.15) is 0 Å². The van der Waals surface area contributed by atoms with Gasteiger partial charge in [-0.15, -0.1) is 0 Å². The number of alkyl carbamates (subject to hydrolysis) is 1. The van der Waals surface area contributed by atoms with Gasteiger partial charge in [-0.05, 0) is 40.0 Å². The number of aromatic nitrogens is 2. The maximum Gasteiger partial charge on any atom is 0.407 e. The Morgan fingerprint density at radius 2 is 2.04 bits per heavy atom. The fraction of sp³-hybridized carbons (Fsp3) is 0.706. The predicted molar refractivity (Wildman–Crippen MR) is 92.2 cm³/mol. The minimum atomic E-state index is -0.468. The van der Waals surface area contributed by atoms with Crippen molar-refractivity contribution in [2.45, 2.75) is 51.6 Å². The molecule has 7 heteroatoms. The van der Waals surface area contributed by atoms with E-state index in [-0.39, 0.29) is 6.09 Å². The Kier molecular flexibility index (Phi) is 6.78. The summed E-state index contributed by atoms with van der Waals surface area (Å²) in [5, 5.41) is 6.01. The van der Waals surface area contributed by atoms with E-state index in [2.05, 4.69) is 20.6 Å². The number of nitrogens with one attached hydrogen (secondary N) is 2. The molecule has 1 amide bonds. The molecule has 0 unspecified atom stereocenters. The van der Waals surface area contributed by atoms with Crippen LogP contribution in [0, 0.1) is 0 Å². The second-order valence-electron chi connectivity index (χ2n) is 6.92. The van der Waals surface area contributed by atoms with Crippen LogP contribution in [0.4, 0.5) is 10.6 Å². The Hall–Kier alpha value is -1.89. The molecular formula is C17H28N4O3. The lowest BCUT2D eigenvalue weighted by atomic mass is 9.96. The zero-order valence-corrected chi connectivity index (χ0v) is 14.8. The first-order valence-corrected chi connectivity index (χ1v) is 8.54. The lowest BCUT2D eigenvalue weighted by molar-refractivity contribution is 0.0528. The van der Waals surface area contributed by atoms with Crippen LogP contribution in [0.25, 0.3) is 0 Å². The van der Waals surface area contributed by atoms with Crippen LogP contribution in [0.15, 0.2) is 12.4 Å². The van der Waals surface area contributed by atoms with Crippen molar-refractivity contribution in [2.24, 2.45) is 0 Å². The summed E-state index contributed by atoms with van der Waals surface area (Å²) >= 11 is 0. The molecule has 0 atom stereocenters. The van der Waals surface area contributed by atoms with Gasteiger partial charge in [-0.1, -0.05) is 0 Å². The molecule has 0 saturated carbocycles. The lowest BCUT2D eigenvalue weighted by Crippen LogP contribution is -2.33. The van der Waals surface area contributed by atoms with Crippen LogP contribution in [-0.2, 0) is 9.47 Å². The van der Waals surface area contributed by atoms with Crippen LogP contribution in [0.1, 0.15) is 51.6 Å². The van der Waals surface area contributed by atoms with Gasteiger partial charge in [0.25, 0.3) is 0 Å². The monoisotopic (exact) mass is 336 g/mol. The standard InChI is InChI=1S/C17H28N4O3/c1-17(2,3)24-16(22)19-8-4-7-18-15-11-14(20-12-21-15)13-5-9-23-10-6-13/h11-13H,4-10H2,1-3H3,(H,19,22)(H,18,20,21). The number of hydrogen-bond donors (Lipinski definition) is 2. The van der Waals surface area contributed by atoms with Crippen LogP contribution in [0.2, 0.25) is 0 Å². The highest BCUT2D eigenvalue weighted by Crippen LogP contribution is 2.25. The first kappa shape index (κ1) is 18.4. The van der Waals surface area contributed by atoms with Crippen LogP contribution >= 0.6 is 0 Å². The average Bonchev–Trinajstić information content (AvgIpc) is 2.54. The third-order valence-corrected chi connectivity index (χ3v) is 3.66. The van der Waals surface area contributed by atoms with Crippen LogP contribution in [-0.4, -0.2) is 48.0 Å². The number of anilines is 1. The number of carbonyl (C=O) groups is 1. The molecule has 24 heavy (non-hydrogen) atoms. The normalized spacial score (nSPS) is 15.8. The third kappa shape index (κ3) is 6.70. The van der Waals surface area contributed by atoms with Crippen molar-refractivity contribution in [3.63, 3.8) is 0 Å². The summed E-state index contributed by atoms with van der Waals surface area (Å²) in [6.45, 7) is 8.42. The predicted octanol–water partition coefficient (Wildman–Crippen LogP) is 2.70. The molecule has 0 aromatic carbocycles. The Labute approximate surface area is 143 Å². The van der Waals surface area contributed by atoms with E-state index in [1.807, 2.05) is 26.8 Å². The minimum Gasteiger partial charge on any atom is -0.444 e. The quantitative estimate of drug-likeness (QED) is 0.777. The Morgan fingerprint density at radius 1 is 1.29 bits per heavy atom. The van der Waals surface area contributed by atoms with Gasteiger partial charge in [-0.3, -0.25) is 0 Å². The summed E-state index contributed by atoms with van der Waals surface area (Å²) in [6, 6.07) is 2.01. The SMILES string of the molecule is CC(C)(C)OC(=O)NCCCNc1cc(C2CCOCC2)ncn1. The molecule has 1 aromatic heterocycles. The Bertz CT molecular complexity index is 525. The second kappa shape index (κ2) is 8.82. The van der Waals surface area contributed by atoms with E-state index in [1.54, 1.807) is 6.33 Å². The Balaban J connectivity index is 1.68. The largest absolute Gasteiger partial charge is 0.444 e. The van der Waals surface area contributed by atoms with Gasteiger partial charge >= 0.3 is 6.09 Å². The van der Waals surface area contributed by atoms with Gasteiger partial charge in [-0.25, -0.2) is 14.8 Å². The van der Waals surface area contributed by atoms with Crippen molar-refractivity contribution >= 4 is 11.9 Å². The molecule has 1 fully saturated rings. The van der Waals surface area contributed by atoms with E-state index >= 15 is 0 Å². The number of rotatable bonds is 6. The number of carbonyl (C=O) groups excluding carboxylic acids is 1. The summed E-state index contributed by atoms with van der Waals surface area (Å²) in [5.41, 5.74) is 0.604. The molecule has 2 heterocycles. The van der Waals surface area contributed by atoms with E-state index in [1.165, 1.54) is 0 Å².